The number of phenolic OH excluding ortho intramolecular Hbond substituents is 1. The highest BCUT2D eigenvalue weighted by Gasteiger charge is 2.42. The van der Waals surface area contributed by atoms with E-state index in [0.717, 1.165) is 19.3 Å². The van der Waals surface area contributed by atoms with Crippen LogP contribution in [0, 0.1) is 6.92 Å². The van der Waals surface area contributed by atoms with Gasteiger partial charge in [0.25, 0.3) is 0 Å². The van der Waals surface area contributed by atoms with E-state index in [9.17, 15) is 15.0 Å². The number of benzene rings is 1. The van der Waals surface area contributed by atoms with Gasteiger partial charge in [-0.1, -0.05) is 34.9 Å². The summed E-state index contributed by atoms with van der Waals surface area (Å²) in [6, 6.07) is 0. The van der Waals surface area contributed by atoms with Gasteiger partial charge in [0.2, 0.25) is 0 Å². The predicted molar refractivity (Wildman–Crippen MR) is 114 cm³/mol. The van der Waals surface area contributed by atoms with Gasteiger partial charge < -0.3 is 14.9 Å². The second-order valence-electron chi connectivity index (χ2n) is 8.17. The zero-order valence-corrected chi connectivity index (χ0v) is 18.2. The van der Waals surface area contributed by atoms with Crippen molar-refractivity contribution < 1.29 is 19.7 Å². The van der Waals surface area contributed by atoms with Crippen molar-refractivity contribution in [2.75, 3.05) is 0 Å². The number of allylic oxidation sites excluding steroid dienone is 4. The molecule has 1 aliphatic heterocycles. The molecule has 2 N–H and O–H groups in total. The molecule has 28 heavy (non-hydrogen) atoms. The van der Waals surface area contributed by atoms with E-state index < -0.39 is 11.7 Å². The number of hydrogen-bond acceptors (Lipinski definition) is 4. The summed E-state index contributed by atoms with van der Waals surface area (Å²) >= 11 is 6.42. The molecule has 1 aromatic rings. The topological polar surface area (TPSA) is 66.8 Å². The number of aldehydes is 1. The zero-order chi connectivity index (χ0) is 21.1. The van der Waals surface area contributed by atoms with Gasteiger partial charge in [0.1, 0.15) is 17.1 Å². The molecule has 0 saturated heterocycles. The lowest BCUT2D eigenvalue weighted by molar-refractivity contribution is -0.0592. The zero-order valence-electron chi connectivity index (χ0n) is 17.4. The monoisotopic (exact) mass is 406 g/mol. The maximum absolute atomic E-state index is 11.3. The number of halogens is 1. The van der Waals surface area contributed by atoms with E-state index in [1.807, 2.05) is 6.92 Å². The number of aliphatic hydroxyl groups excluding tert-OH is 1. The molecule has 0 spiro atoms. The van der Waals surface area contributed by atoms with E-state index in [0.29, 0.717) is 34.6 Å². The van der Waals surface area contributed by atoms with Crippen LogP contribution < -0.4 is 4.74 Å². The van der Waals surface area contributed by atoms with E-state index in [4.69, 9.17) is 16.3 Å². The Hall–Kier alpha value is -1.78. The number of hydrogen-bond donors (Lipinski definition) is 2. The first-order chi connectivity index (χ1) is 13.1. The van der Waals surface area contributed by atoms with E-state index in [2.05, 4.69) is 32.9 Å². The van der Waals surface area contributed by atoms with Crippen molar-refractivity contribution >= 4 is 17.9 Å². The third-order valence-electron chi connectivity index (χ3n) is 5.53. The van der Waals surface area contributed by atoms with Crippen LogP contribution in [0.2, 0.25) is 5.02 Å². The molecule has 0 aliphatic carbocycles. The lowest BCUT2D eigenvalue weighted by Gasteiger charge is -2.40. The number of fused-ring (bicyclic) bond motifs is 1. The summed E-state index contributed by atoms with van der Waals surface area (Å²) in [4.78, 5) is 11.3. The highest BCUT2D eigenvalue weighted by atomic mass is 35.5. The van der Waals surface area contributed by atoms with Crippen molar-refractivity contribution in [1.82, 2.24) is 0 Å². The van der Waals surface area contributed by atoms with Gasteiger partial charge in [0.15, 0.2) is 6.29 Å². The fraction of sp³-hybridized carbons (Fsp3) is 0.522. The van der Waals surface area contributed by atoms with Crippen LogP contribution in [0.25, 0.3) is 0 Å². The Bertz CT molecular complexity index is 806. The highest BCUT2D eigenvalue weighted by molar-refractivity contribution is 6.33. The van der Waals surface area contributed by atoms with Crippen LogP contribution in [0.3, 0.4) is 0 Å². The van der Waals surface area contributed by atoms with Crippen LogP contribution in [0.15, 0.2) is 23.3 Å². The number of phenols is 1. The summed E-state index contributed by atoms with van der Waals surface area (Å²) < 4.78 is 6.12. The van der Waals surface area contributed by atoms with E-state index >= 15 is 0 Å². The lowest BCUT2D eigenvalue weighted by atomic mass is 9.84. The summed E-state index contributed by atoms with van der Waals surface area (Å²) in [6.07, 6.45) is 7.84. The third-order valence-corrected chi connectivity index (χ3v) is 5.98. The number of rotatable bonds is 7. The predicted octanol–water partition coefficient (Wildman–Crippen LogP) is 5.69. The molecule has 2 rings (SSSR count). The molecule has 154 valence electrons. The SMILES string of the molecule is CC(C)=CCC/C(C)=C/CC[C@@]1(C)Oc2c(Cl)c(C)c(C=O)c(O)c2C[C@@H]1O. The molecule has 0 aromatic heterocycles. The van der Waals surface area contributed by atoms with Crippen molar-refractivity contribution in [2.45, 2.75) is 78.4 Å². The Morgan fingerprint density at radius 2 is 1.96 bits per heavy atom. The summed E-state index contributed by atoms with van der Waals surface area (Å²) in [7, 11) is 0. The maximum atomic E-state index is 11.3. The van der Waals surface area contributed by atoms with Crippen molar-refractivity contribution in [2.24, 2.45) is 0 Å². The molecule has 0 bridgehead atoms. The molecule has 0 fully saturated rings. The molecule has 4 nitrogen and oxygen atoms in total. The number of ether oxygens (including phenoxy) is 1. The molecule has 1 aliphatic rings. The minimum Gasteiger partial charge on any atom is -0.507 e. The molecule has 5 heteroatoms. The van der Waals surface area contributed by atoms with Crippen molar-refractivity contribution in [3.8, 4) is 11.5 Å². The Morgan fingerprint density at radius 3 is 2.57 bits per heavy atom. The van der Waals surface area contributed by atoms with Crippen LogP contribution in [-0.2, 0) is 6.42 Å². The summed E-state index contributed by atoms with van der Waals surface area (Å²) in [5.74, 6) is 0.224. The summed E-state index contributed by atoms with van der Waals surface area (Å²) in [5, 5.41) is 21.4. The van der Waals surface area contributed by atoms with Gasteiger partial charge in [-0.3, -0.25) is 4.79 Å². The number of carbonyl (C=O) groups excluding carboxylic acids is 1. The van der Waals surface area contributed by atoms with E-state index in [1.54, 1.807) is 6.92 Å². The van der Waals surface area contributed by atoms with Crippen molar-refractivity contribution in [3.63, 3.8) is 0 Å². The van der Waals surface area contributed by atoms with Gasteiger partial charge in [0, 0.05) is 12.0 Å². The quantitative estimate of drug-likeness (QED) is 0.450. The molecule has 1 heterocycles. The number of aromatic hydroxyl groups is 1. The van der Waals surface area contributed by atoms with E-state index in [1.165, 1.54) is 11.1 Å². The van der Waals surface area contributed by atoms with Crippen molar-refractivity contribution in [1.29, 1.82) is 0 Å². The number of aliphatic hydroxyl groups is 1. The Kier molecular flexibility index (Phi) is 7.35. The molecule has 0 amide bonds. The smallest absolute Gasteiger partial charge is 0.154 e. The first-order valence-corrected chi connectivity index (χ1v) is 10.1. The fourth-order valence-corrected chi connectivity index (χ4v) is 3.79. The molecular weight excluding hydrogens is 376 g/mol. The van der Waals surface area contributed by atoms with Gasteiger partial charge >= 0.3 is 0 Å². The minimum atomic E-state index is -0.811. The normalized spacial score (nSPS) is 21.7. The average molecular weight is 407 g/mol. The highest BCUT2D eigenvalue weighted by Crippen LogP contribution is 2.47. The Labute approximate surface area is 172 Å². The van der Waals surface area contributed by atoms with Gasteiger partial charge in [-0.05, 0) is 65.9 Å². The molecule has 0 radical (unpaired) electrons. The molecule has 0 saturated carbocycles. The largest absolute Gasteiger partial charge is 0.507 e. The van der Waals surface area contributed by atoms with Gasteiger partial charge in [-0.25, -0.2) is 0 Å². The van der Waals surface area contributed by atoms with Crippen LogP contribution in [0.4, 0.5) is 0 Å². The van der Waals surface area contributed by atoms with E-state index in [-0.39, 0.29) is 17.7 Å². The summed E-state index contributed by atoms with van der Waals surface area (Å²) in [5.41, 5.74) is 2.87. The maximum Gasteiger partial charge on any atom is 0.154 e. The Morgan fingerprint density at radius 1 is 1.29 bits per heavy atom. The molecule has 1 aromatic carbocycles. The van der Waals surface area contributed by atoms with Crippen molar-refractivity contribution in [3.05, 3.63) is 45.0 Å². The first kappa shape index (κ1) is 22.5. The van der Waals surface area contributed by atoms with Crippen LogP contribution in [0.1, 0.15) is 74.9 Å². The molecule has 2 atom stereocenters. The third kappa shape index (κ3) is 4.79. The molecule has 0 unspecified atom stereocenters. The van der Waals surface area contributed by atoms with Gasteiger partial charge in [-0.15, -0.1) is 0 Å². The molecular formula is C23H31ClO4. The fourth-order valence-electron chi connectivity index (χ4n) is 3.53. The standard InChI is InChI=1S/C23H31ClO4/c1-14(2)8-6-9-15(3)10-7-11-23(5)19(26)12-17-21(27)18(13-25)16(4)20(24)22(17)28-23/h8,10,13,19,26-27H,6-7,9,11-12H2,1-5H3/b15-10+/t19-,23+/m0/s1. The van der Waals surface area contributed by atoms with Crippen LogP contribution >= 0.6 is 11.6 Å². The number of carbonyl (C=O) groups is 1. The summed E-state index contributed by atoms with van der Waals surface area (Å²) in [6.45, 7) is 9.86. The van der Waals surface area contributed by atoms with Crippen LogP contribution in [0.5, 0.6) is 11.5 Å². The second kappa shape index (κ2) is 9.15. The van der Waals surface area contributed by atoms with Gasteiger partial charge in [0.05, 0.1) is 16.7 Å². The van der Waals surface area contributed by atoms with Crippen LogP contribution in [-0.4, -0.2) is 28.2 Å². The second-order valence-corrected chi connectivity index (χ2v) is 8.55. The average Bonchev–Trinajstić information content (AvgIpc) is 2.62. The Balaban J connectivity index is 2.16. The van der Waals surface area contributed by atoms with Gasteiger partial charge in [-0.2, -0.15) is 0 Å². The first-order valence-electron chi connectivity index (χ1n) is 9.75. The lowest BCUT2D eigenvalue weighted by Crippen LogP contribution is -2.49. The minimum absolute atomic E-state index is 0.150.